The van der Waals surface area contributed by atoms with Gasteiger partial charge in [-0.05, 0) is 6.42 Å². The standard InChI is InChI=1S/C9H11NO6/c11-7(12)5-6(8(13)14)1-2-10-3-4-16-9(10)15/h5H,1-4H2,(H,11,12)(H,13,14). The monoisotopic (exact) mass is 229 g/mol. The predicted octanol–water partition coefficient (Wildman–Crippen LogP) is -0.0757. The molecule has 0 aromatic carbocycles. The number of carbonyl (C=O) groups is 3. The second kappa shape index (κ2) is 5.15. The number of amides is 1. The Bertz CT molecular complexity index is 348. The minimum atomic E-state index is -1.32. The molecule has 0 radical (unpaired) electrons. The molecule has 1 heterocycles. The summed E-state index contributed by atoms with van der Waals surface area (Å²) < 4.78 is 4.64. The first-order valence-corrected chi connectivity index (χ1v) is 4.59. The van der Waals surface area contributed by atoms with E-state index < -0.39 is 18.0 Å². The van der Waals surface area contributed by atoms with E-state index in [2.05, 4.69) is 4.74 Å². The molecule has 0 aromatic rings. The van der Waals surface area contributed by atoms with Gasteiger partial charge in [0.1, 0.15) is 6.61 Å². The van der Waals surface area contributed by atoms with Crippen LogP contribution < -0.4 is 0 Å². The Morgan fingerprint density at radius 3 is 2.56 bits per heavy atom. The van der Waals surface area contributed by atoms with Gasteiger partial charge in [0, 0.05) is 18.2 Å². The van der Waals surface area contributed by atoms with Gasteiger partial charge in [-0.1, -0.05) is 0 Å². The van der Waals surface area contributed by atoms with E-state index in [9.17, 15) is 14.4 Å². The summed E-state index contributed by atoms with van der Waals surface area (Å²) in [5, 5.41) is 17.1. The van der Waals surface area contributed by atoms with Crippen LogP contribution in [0.1, 0.15) is 6.42 Å². The normalized spacial score (nSPS) is 16.1. The van der Waals surface area contributed by atoms with Crippen molar-refractivity contribution in [2.24, 2.45) is 0 Å². The predicted molar refractivity (Wildman–Crippen MR) is 50.9 cm³/mol. The van der Waals surface area contributed by atoms with Crippen molar-refractivity contribution < 1.29 is 29.3 Å². The van der Waals surface area contributed by atoms with E-state index in [-0.39, 0.29) is 25.1 Å². The molecule has 1 saturated heterocycles. The fraction of sp³-hybridized carbons (Fsp3) is 0.444. The second-order valence-corrected chi connectivity index (χ2v) is 3.16. The van der Waals surface area contributed by atoms with Crippen LogP contribution in [-0.4, -0.2) is 52.8 Å². The maximum Gasteiger partial charge on any atom is 0.409 e. The summed E-state index contributed by atoms with van der Waals surface area (Å²) in [6.45, 7) is 0.826. The van der Waals surface area contributed by atoms with E-state index in [1.165, 1.54) is 4.90 Å². The third-order valence-electron chi connectivity index (χ3n) is 2.07. The average molecular weight is 229 g/mol. The lowest BCUT2D eigenvalue weighted by molar-refractivity contribution is -0.135. The van der Waals surface area contributed by atoms with Crippen LogP contribution in [0, 0.1) is 0 Å². The lowest BCUT2D eigenvalue weighted by atomic mass is 10.1. The van der Waals surface area contributed by atoms with Crippen LogP contribution in [0.4, 0.5) is 4.79 Å². The minimum Gasteiger partial charge on any atom is -0.478 e. The van der Waals surface area contributed by atoms with E-state index >= 15 is 0 Å². The summed E-state index contributed by atoms with van der Waals surface area (Å²) in [6, 6.07) is 0. The molecule has 0 bridgehead atoms. The van der Waals surface area contributed by atoms with Crippen LogP contribution in [-0.2, 0) is 14.3 Å². The smallest absolute Gasteiger partial charge is 0.409 e. The van der Waals surface area contributed by atoms with Gasteiger partial charge in [-0.15, -0.1) is 0 Å². The molecule has 16 heavy (non-hydrogen) atoms. The quantitative estimate of drug-likeness (QED) is 0.639. The third-order valence-corrected chi connectivity index (χ3v) is 2.07. The van der Waals surface area contributed by atoms with Crippen molar-refractivity contribution >= 4 is 18.0 Å². The number of hydrogen-bond donors (Lipinski definition) is 2. The summed E-state index contributed by atoms with van der Waals surface area (Å²) >= 11 is 0. The number of carboxylic acid groups (broad SMARTS) is 2. The molecule has 1 rings (SSSR count). The first kappa shape index (κ1) is 12.0. The first-order valence-electron chi connectivity index (χ1n) is 4.59. The number of hydrogen-bond acceptors (Lipinski definition) is 4. The van der Waals surface area contributed by atoms with Crippen LogP contribution in [0.2, 0.25) is 0 Å². The zero-order chi connectivity index (χ0) is 12.1. The van der Waals surface area contributed by atoms with Crippen LogP contribution in [0.15, 0.2) is 11.6 Å². The van der Waals surface area contributed by atoms with Gasteiger partial charge in [-0.25, -0.2) is 14.4 Å². The number of aliphatic carboxylic acids is 2. The molecule has 88 valence electrons. The Balaban J connectivity index is 2.53. The van der Waals surface area contributed by atoms with Gasteiger partial charge in [0.2, 0.25) is 0 Å². The molecule has 0 saturated carbocycles. The fourth-order valence-corrected chi connectivity index (χ4v) is 1.27. The van der Waals surface area contributed by atoms with Crippen LogP contribution >= 0.6 is 0 Å². The molecule has 0 spiro atoms. The molecular weight excluding hydrogens is 218 g/mol. The van der Waals surface area contributed by atoms with Gasteiger partial charge in [-0.2, -0.15) is 0 Å². The molecule has 0 atom stereocenters. The van der Waals surface area contributed by atoms with Crippen molar-refractivity contribution in [2.75, 3.05) is 19.7 Å². The van der Waals surface area contributed by atoms with Crippen LogP contribution in [0.25, 0.3) is 0 Å². The van der Waals surface area contributed by atoms with E-state index in [1.54, 1.807) is 0 Å². The molecule has 2 N–H and O–H groups in total. The highest BCUT2D eigenvalue weighted by Crippen LogP contribution is 2.08. The van der Waals surface area contributed by atoms with E-state index in [1.807, 2.05) is 0 Å². The number of cyclic esters (lactones) is 1. The van der Waals surface area contributed by atoms with Gasteiger partial charge in [0.15, 0.2) is 0 Å². The largest absolute Gasteiger partial charge is 0.478 e. The molecular formula is C9H11NO6. The number of ether oxygens (including phenoxy) is 1. The van der Waals surface area contributed by atoms with Gasteiger partial charge >= 0.3 is 18.0 Å². The average Bonchev–Trinajstić information content (AvgIpc) is 2.57. The van der Waals surface area contributed by atoms with Crippen molar-refractivity contribution in [3.63, 3.8) is 0 Å². The van der Waals surface area contributed by atoms with Gasteiger partial charge < -0.3 is 19.8 Å². The SMILES string of the molecule is O=C(O)C=C(CCN1CCOC1=O)C(=O)O. The highest BCUT2D eigenvalue weighted by molar-refractivity contribution is 5.94. The molecule has 7 nitrogen and oxygen atoms in total. The summed E-state index contributed by atoms with van der Waals surface area (Å²) in [6.07, 6.45) is 0.112. The molecule has 1 amide bonds. The Labute approximate surface area is 90.9 Å². The van der Waals surface area contributed by atoms with Crippen molar-refractivity contribution in [3.8, 4) is 0 Å². The van der Waals surface area contributed by atoms with Crippen molar-refractivity contribution in [1.29, 1.82) is 0 Å². The van der Waals surface area contributed by atoms with Crippen LogP contribution in [0.5, 0.6) is 0 Å². The first-order chi connectivity index (χ1) is 7.50. The van der Waals surface area contributed by atoms with Gasteiger partial charge in [-0.3, -0.25) is 0 Å². The Morgan fingerprint density at radius 2 is 2.12 bits per heavy atom. The van der Waals surface area contributed by atoms with Crippen LogP contribution in [0.3, 0.4) is 0 Å². The fourth-order valence-electron chi connectivity index (χ4n) is 1.27. The number of rotatable bonds is 5. The third kappa shape index (κ3) is 3.26. The Hall–Kier alpha value is -2.05. The van der Waals surface area contributed by atoms with Gasteiger partial charge in [0.05, 0.1) is 6.54 Å². The molecule has 0 unspecified atom stereocenters. The Kier molecular flexibility index (Phi) is 3.87. The molecule has 7 heteroatoms. The highest BCUT2D eigenvalue weighted by atomic mass is 16.6. The summed E-state index contributed by atoms with van der Waals surface area (Å²) in [4.78, 5) is 33.3. The van der Waals surface area contributed by atoms with E-state index in [4.69, 9.17) is 10.2 Å². The topological polar surface area (TPSA) is 104 Å². The number of nitrogens with zero attached hydrogens (tertiary/aromatic N) is 1. The van der Waals surface area contributed by atoms with Gasteiger partial charge in [0.25, 0.3) is 0 Å². The highest BCUT2D eigenvalue weighted by Gasteiger charge is 2.22. The number of carboxylic acids is 2. The van der Waals surface area contributed by atoms with Crippen molar-refractivity contribution in [3.05, 3.63) is 11.6 Å². The molecule has 1 aliphatic rings. The second-order valence-electron chi connectivity index (χ2n) is 3.16. The molecule has 0 aromatic heterocycles. The number of carbonyl (C=O) groups excluding carboxylic acids is 1. The van der Waals surface area contributed by atoms with E-state index in [0.29, 0.717) is 12.6 Å². The Morgan fingerprint density at radius 1 is 1.44 bits per heavy atom. The summed E-state index contributed by atoms with van der Waals surface area (Å²) in [5.41, 5.74) is -0.243. The minimum absolute atomic E-state index is 0.0171. The zero-order valence-electron chi connectivity index (χ0n) is 8.38. The van der Waals surface area contributed by atoms with Crippen molar-refractivity contribution in [1.82, 2.24) is 4.90 Å². The molecule has 1 fully saturated rings. The van der Waals surface area contributed by atoms with Crippen molar-refractivity contribution in [2.45, 2.75) is 6.42 Å². The summed E-state index contributed by atoms with van der Waals surface area (Å²) in [7, 11) is 0. The zero-order valence-corrected chi connectivity index (χ0v) is 8.38. The molecule has 1 aliphatic heterocycles. The lowest BCUT2D eigenvalue weighted by Gasteiger charge is -2.11. The molecule has 0 aliphatic carbocycles. The van der Waals surface area contributed by atoms with E-state index in [0.717, 1.165) is 0 Å². The maximum absolute atomic E-state index is 11.0. The lowest BCUT2D eigenvalue weighted by Crippen LogP contribution is -2.26. The maximum atomic E-state index is 11.0. The summed E-state index contributed by atoms with van der Waals surface area (Å²) in [5.74, 6) is -2.61.